The number of hydrogen-bond acceptors (Lipinski definition) is 7. The first kappa shape index (κ1) is 26.9. The summed E-state index contributed by atoms with van der Waals surface area (Å²) >= 11 is 0. The van der Waals surface area contributed by atoms with Gasteiger partial charge in [-0.25, -0.2) is 9.59 Å². The lowest BCUT2D eigenvalue weighted by Crippen LogP contribution is -2.28. The predicted octanol–water partition coefficient (Wildman–Crippen LogP) is 4.15. The van der Waals surface area contributed by atoms with Gasteiger partial charge < -0.3 is 29.3 Å². The Kier molecular flexibility index (Phi) is 9.52. The Bertz CT molecular complexity index is 972. The van der Waals surface area contributed by atoms with Crippen molar-refractivity contribution in [2.24, 2.45) is 0 Å². The van der Waals surface area contributed by atoms with Gasteiger partial charge in [0.25, 0.3) is 0 Å². The smallest absolute Gasteiger partial charge is 0.407 e. The molecular formula is C23H34NO8P. The second kappa shape index (κ2) is 11.7. The van der Waals surface area contributed by atoms with E-state index in [1.165, 1.54) is 0 Å². The van der Waals surface area contributed by atoms with Crippen molar-refractivity contribution >= 4 is 19.7 Å². The summed E-state index contributed by atoms with van der Waals surface area (Å²) < 4.78 is 27.2. The molecule has 1 amide bonds. The number of carbonyl (C=O) groups excluding carboxylic acids is 2. The highest BCUT2D eigenvalue weighted by Crippen LogP contribution is 2.43. The zero-order valence-electron chi connectivity index (χ0n) is 19.9. The van der Waals surface area contributed by atoms with Crippen molar-refractivity contribution in [3.8, 4) is 5.75 Å². The zero-order valence-corrected chi connectivity index (χ0v) is 20.8. The van der Waals surface area contributed by atoms with E-state index in [2.05, 4.69) is 5.32 Å². The molecular weight excluding hydrogens is 449 g/mol. The minimum atomic E-state index is -3.77. The SMILES string of the molecule is CCc1c(C)c2c(c(O)c1CC=C(C)COC(=O)NCCP(=O)(O)OC(C)CC)C(=O)OC2. The Hall–Kier alpha value is -2.35. The molecule has 184 valence electrons. The first-order valence-corrected chi connectivity index (χ1v) is 12.9. The van der Waals surface area contributed by atoms with Crippen LogP contribution in [0, 0.1) is 6.92 Å². The third-order valence-electron chi connectivity index (χ3n) is 5.67. The molecule has 3 N–H and O–H groups in total. The Morgan fingerprint density at radius 3 is 2.67 bits per heavy atom. The number of allylic oxidation sites excluding steroid dienone is 1. The third-order valence-corrected chi connectivity index (χ3v) is 7.15. The van der Waals surface area contributed by atoms with Crippen LogP contribution < -0.4 is 5.32 Å². The maximum atomic E-state index is 12.0. The number of ether oxygens (including phenoxy) is 2. The molecule has 9 nitrogen and oxygen atoms in total. The monoisotopic (exact) mass is 483 g/mol. The van der Waals surface area contributed by atoms with Crippen LogP contribution in [0.25, 0.3) is 0 Å². The second-order valence-corrected chi connectivity index (χ2v) is 10.1. The molecule has 0 aliphatic carbocycles. The number of amides is 1. The van der Waals surface area contributed by atoms with Crippen molar-refractivity contribution in [3.63, 3.8) is 0 Å². The number of carbonyl (C=O) groups is 2. The minimum absolute atomic E-state index is 0.0141. The largest absolute Gasteiger partial charge is 0.507 e. The summed E-state index contributed by atoms with van der Waals surface area (Å²) in [4.78, 5) is 33.7. The Morgan fingerprint density at radius 2 is 2.03 bits per heavy atom. The number of alkyl carbamates (subject to hydrolysis) is 1. The summed E-state index contributed by atoms with van der Waals surface area (Å²) in [5.74, 6) is -0.567. The standard InChI is InChI=1S/C23H34NO8P/c1-6-15(4)32-33(28,29)11-10-24-23(27)31-12-14(3)8-9-18-17(7-2)16(5)19-13-30-22(26)20(19)21(18)25/h8,15,25H,6-7,9-13H2,1-5H3,(H,24,27)(H,28,29). The minimum Gasteiger partial charge on any atom is -0.507 e. The molecule has 1 heterocycles. The molecule has 0 radical (unpaired) electrons. The molecule has 10 heteroatoms. The van der Waals surface area contributed by atoms with Gasteiger partial charge in [0.2, 0.25) is 0 Å². The molecule has 2 atom stereocenters. The van der Waals surface area contributed by atoms with Gasteiger partial charge in [0.05, 0.1) is 12.3 Å². The number of hydrogen-bond donors (Lipinski definition) is 3. The van der Waals surface area contributed by atoms with E-state index in [0.29, 0.717) is 24.8 Å². The molecule has 0 bridgehead atoms. The van der Waals surface area contributed by atoms with Crippen molar-refractivity contribution in [2.45, 2.75) is 66.6 Å². The average Bonchev–Trinajstić information content (AvgIpc) is 3.15. The van der Waals surface area contributed by atoms with Gasteiger partial charge in [0.15, 0.2) is 0 Å². The first-order valence-electron chi connectivity index (χ1n) is 11.1. The highest BCUT2D eigenvalue weighted by Gasteiger charge is 2.30. The van der Waals surface area contributed by atoms with Gasteiger partial charge in [-0.15, -0.1) is 0 Å². The highest BCUT2D eigenvalue weighted by molar-refractivity contribution is 7.52. The zero-order chi connectivity index (χ0) is 24.8. The van der Waals surface area contributed by atoms with Crippen LogP contribution in [-0.4, -0.2) is 47.5 Å². The molecule has 0 fully saturated rings. The number of rotatable bonds is 11. The lowest BCUT2D eigenvalue weighted by molar-refractivity contribution is 0.0532. The van der Waals surface area contributed by atoms with Gasteiger partial charge in [0.1, 0.15) is 24.5 Å². The summed E-state index contributed by atoms with van der Waals surface area (Å²) in [5, 5.41) is 13.1. The van der Waals surface area contributed by atoms with Crippen molar-refractivity contribution in [1.82, 2.24) is 5.32 Å². The number of phenols is 1. The van der Waals surface area contributed by atoms with Crippen LogP contribution in [0.15, 0.2) is 11.6 Å². The summed E-state index contributed by atoms with van der Waals surface area (Å²) in [7, 11) is -3.77. The fraction of sp³-hybridized carbons (Fsp3) is 0.565. The maximum Gasteiger partial charge on any atom is 0.407 e. The fourth-order valence-electron chi connectivity index (χ4n) is 3.61. The van der Waals surface area contributed by atoms with E-state index < -0.39 is 19.7 Å². The summed E-state index contributed by atoms with van der Waals surface area (Å²) in [6, 6.07) is 0. The molecule has 1 aromatic carbocycles. The lowest BCUT2D eigenvalue weighted by atomic mass is 9.89. The molecule has 2 rings (SSSR count). The van der Waals surface area contributed by atoms with Crippen LogP contribution >= 0.6 is 7.60 Å². The highest BCUT2D eigenvalue weighted by atomic mass is 31.2. The van der Waals surface area contributed by atoms with Gasteiger partial charge in [-0.05, 0) is 56.7 Å². The van der Waals surface area contributed by atoms with E-state index in [-0.39, 0.29) is 43.3 Å². The Balaban J connectivity index is 1.92. The Morgan fingerprint density at radius 1 is 1.33 bits per heavy atom. The van der Waals surface area contributed by atoms with Crippen LogP contribution in [0.3, 0.4) is 0 Å². The van der Waals surface area contributed by atoms with Crippen LogP contribution in [0.5, 0.6) is 5.75 Å². The van der Waals surface area contributed by atoms with Gasteiger partial charge in [-0.1, -0.05) is 19.9 Å². The molecule has 0 saturated carbocycles. The summed E-state index contributed by atoms with van der Waals surface area (Å²) in [5.41, 5.74) is 4.31. The van der Waals surface area contributed by atoms with Crippen LogP contribution in [0.1, 0.15) is 66.7 Å². The molecule has 0 saturated heterocycles. The van der Waals surface area contributed by atoms with Gasteiger partial charge in [0, 0.05) is 17.7 Å². The summed E-state index contributed by atoms with van der Waals surface area (Å²) in [6.45, 7) is 9.38. The van der Waals surface area contributed by atoms with E-state index in [0.717, 1.165) is 22.3 Å². The van der Waals surface area contributed by atoms with E-state index in [4.69, 9.17) is 14.0 Å². The van der Waals surface area contributed by atoms with Crippen molar-refractivity contribution in [1.29, 1.82) is 0 Å². The maximum absolute atomic E-state index is 12.0. The van der Waals surface area contributed by atoms with Crippen LogP contribution in [0.4, 0.5) is 4.79 Å². The normalized spacial score (nSPS) is 16.1. The predicted molar refractivity (Wildman–Crippen MR) is 124 cm³/mol. The van der Waals surface area contributed by atoms with Gasteiger partial charge in [-0.3, -0.25) is 4.57 Å². The van der Waals surface area contributed by atoms with Crippen LogP contribution in [0.2, 0.25) is 0 Å². The van der Waals surface area contributed by atoms with E-state index in [1.54, 1.807) is 13.8 Å². The first-order chi connectivity index (χ1) is 15.5. The topological polar surface area (TPSA) is 131 Å². The second-order valence-electron chi connectivity index (χ2n) is 8.16. The van der Waals surface area contributed by atoms with Crippen molar-refractivity contribution in [3.05, 3.63) is 39.5 Å². The third kappa shape index (κ3) is 7.06. The number of fused-ring (bicyclic) bond motifs is 1. The average molecular weight is 483 g/mol. The molecule has 33 heavy (non-hydrogen) atoms. The van der Waals surface area contributed by atoms with Gasteiger partial charge in [-0.2, -0.15) is 0 Å². The number of phenolic OH excluding ortho intramolecular Hbond substituents is 1. The fourth-order valence-corrected chi connectivity index (χ4v) is 4.83. The number of cyclic esters (lactones) is 1. The van der Waals surface area contributed by atoms with Crippen molar-refractivity contribution in [2.75, 3.05) is 19.3 Å². The van der Waals surface area contributed by atoms with E-state index >= 15 is 0 Å². The number of nitrogens with one attached hydrogen (secondary N) is 1. The summed E-state index contributed by atoms with van der Waals surface area (Å²) in [6.07, 6.45) is 2.24. The molecule has 1 aromatic rings. The quantitative estimate of drug-likeness (QED) is 0.243. The Labute approximate surface area is 194 Å². The molecule has 0 aromatic heterocycles. The number of benzene rings is 1. The molecule has 1 aliphatic rings. The molecule has 2 unspecified atom stereocenters. The number of esters is 1. The van der Waals surface area contributed by atoms with Gasteiger partial charge >= 0.3 is 19.7 Å². The van der Waals surface area contributed by atoms with E-state index in [1.807, 2.05) is 26.8 Å². The van der Waals surface area contributed by atoms with E-state index in [9.17, 15) is 24.2 Å². The molecule has 1 aliphatic heterocycles. The van der Waals surface area contributed by atoms with Crippen molar-refractivity contribution < 1.29 is 38.2 Å². The van der Waals surface area contributed by atoms with Crippen LogP contribution in [-0.2, 0) is 38.0 Å². The lowest BCUT2D eigenvalue weighted by Gasteiger charge is -2.17. The number of aromatic hydroxyl groups is 1. The molecule has 0 spiro atoms.